The fraction of sp³-hybridized carbons (Fsp3) is 0.833. The SMILES string of the molecule is CC.CC.COC(=O)/C=C/CC[C@@H](C)O[C@@H]1O[C@@H](C)[C@H](O)C[C@H]1O. The minimum absolute atomic E-state index is 0.126. The van der Waals surface area contributed by atoms with Crippen LogP contribution in [0, 0.1) is 0 Å². The highest BCUT2D eigenvalue weighted by Crippen LogP contribution is 2.22. The zero-order chi connectivity index (χ0) is 19.1. The lowest BCUT2D eigenvalue weighted by molar-refractivity contribution is -0.273. The quantitative estimate of drug-likeness (QED) is 0.567. The molecule has 0 aromatic heterocycles. The van der Waals surface area contributed by atoms with Crippen LogP contribution in [0.2, 0.25) is 0 Å². The molecule has 0 aromatic carbocycles. The second-order valence-corrected chi connectivity index (χ2v) is 5.03. The fourth-order valence-electron chi connectivity index (χ4n) is 1.94. The molecule has 1 aliphatic rings. The van der Waals surface area contributed by atoms with Gasteiger partial charge in [0.15, 0.2) is 6.29 Å². The van der Waals surface area contributed by atoms with Crippen LogP contribution in [0.15, 0.2) is 12.2 Å². The van der Waals surface area contributed by atoms with Gasteiger partial charge in [-0.1, -0.05) is 33.8 Å². The first-order chi connectivity index (χ1) is 11.4. The average Bonchev–Trinajstić information content (AvgIpc) is 2.60. The van der Waals surface area contributed by atoms with Crippen molar-refractivity contribution in [2.45, 2.75) is 91.5 Å². The Bertz CT molecular complexity index is 331. The molecule has 144 valence electrons. The Morgan fingerprint density at radius 2 is 1.83 bits per heavy atom. The number of hydrogen-bond acceptors (Lipinski definition) is 6. The standard InChI is InChI=1S/C14H24O6.2C2H6/c1-9(6-4-5-7-13(17)18-3)19-14-12(16)8-11(15)10(2)20-14;2*1-2/h5,7,9-12,14-16H,4,6,8H2,1-3H3;2*1-2H3/b7-5+;;/t9-,10+,11-,12-,14-;;/m1../s1. The van der Waals surface area contributed by atoms with Crippen molar-refractivity contribution in [3.8, 4) is 0 Å². The minimum Gasteiger partial charge on any atom is -0.466 e. The maximum Gasteiger partial charge on any atom is 0.330 e. The molecule has 0 unspecified atom stereocenters. The van der Waals surface area contributed by atoms with Crippen molar-refractivity contribution in [2.75, 3.05) is 7.11 Å². The second kappa shape index (κ2) is 15.6. The summed E-state index contributed by atoms with van der Waals surface area (Å²) in [4.78, 5) is 10.9. The van der Waals surface area contributed by atoms with E-state index < -0.39 is 18.5 Å². The second-order valence-electron chi connectivity index (χ2n) is 5.03. The lowest BCUT2D eigenvalue weighted by atomic mass is 10.0. The summed E-state index contributed by atoms with van der Waals surface area (Å²) in [6.07, 6.45) is 2.02. The molecular formula is C18H36O6. The van der Waals surface area contributed by atoms with Gasteiger partial charge in [0.25, 0.3) is 0 Å². The van der Waals surface area contributed by atoms with E-state index in [0.717, 1.165) is 0 Å². The number of hydrogen-bond donors (Lipinski definition) is 2. The number of esters is 1. The minimum atomic E-state index is -0.825. The molecule has 1 saturated heterocycles. The molecule has 0 radical (unpaired) electrons. The van der Waals surface area contributed by atoms with Crippen LogP contribution in [-0.4, -0.2) is 54.0 Å². The molecule has 6 nitrogen and oxygen atoms in total. The van der Waals surface area contributed by atoms with Gasteiger partial charge in [-0.05, 0) is 26.7 Å². The van der Waals surface area contributed by atoms with E-state index in [4.69, 9.17) is 9.47 Å². The summed E-state index contributed by atoms with van der Waals surface area (Å²) >= 11 is 0. The topological polar surface area (TPSA) is 85.2 Å². The lowest BCUT2D eigenvalue weighted by Crippen LogP contribution is -2.48. The number of methoxy groups -OCH3 is 1. The number of aliphatic hydroxyl groups is 2. The summed E-state index contributed by atoms with van der Waals surface area (Å²) in [6.45, 7) is 11.6. The summed E-state index contributed by atoms with van der Waals surface area (Å²) < 4.78 is 15.5. The van der Waals surface area contributed by atoms with E-state index >= 15 is 0 Å². The highest BCUT2D eigenvalue weighted by atomic mass is 16.7. The zero-order valence-electron chi connectivity index (χ0n) is 16.2. The smallest absolute Gasteiger partial charge is 0.330 e. The van der Waals surface area contributed by atoms with E-state index in [1.165, 1.54) is 13.2 Å². The molecule has 0 saturated carbocycles. The van der Waals surface area contributed by atoms with Gasteiger partial charge >= 0.3 is 5.97 Å². The Morgan fingerprint density at radius 1 is 1.25 bits per heavy atom. The number of carbonyl (C=O) groups excluding carboxylic acids is 1. The number of aliphatic hydroxyl groups excluding tert-OH is 2. The Kier molecular flexibility index (Phi) is 16.4. The molecule has 0 aromatic rings. The van der Waals surface area contributed by atoms with Crippen molar-refractivity contribution in [1.82, 2.24) is 0 Å². The molecular weight excluding hydrogens is 312 g/mol. The van der Waals surface area contributed by atoms with Crippen LogP contribution < -0.4 is 0 Å². The first-order valence-electron chi connectivity index (χ1n) is 8.85. The molecule has 5 atom stereocenters. The largest absolute Gasteiger partial charge is 0.466 e. The van der Waals surface area contributed by atoms with E-state index in [9.17, 15) is 15.0 Å². The van der Waals surface area contributed by atoms with Gasteiger partial charge in [0.05, 0.1) is 25.4 Å². The number of rotatable bonds is 6. The highest BCUT2D eigenvalue weighted by Gasteiger charge is 2.35. The van der Waals surface area contributed by atoms with E-state index in [1.54, 1.807) is 13.0 Å². The maximum atomic E-state index is 10.9. The van der Waals surface area contributed by atoms with Crippen LogP contribution in [0.4, 0.5) is 0 Å². The van der Waals surface area contributed by atoms with Crippen molar-refractivity contribution in [1.29, 1.82) is 0 Å². The van der Waals surface area contributed by atoms with Gasteiger partial charge < -0.3 is 24.4 Å². The number of ether oxygens (including phenoxy) is 3. The monoisotopic (exact) mass is 348 g/mol. The predicted octanol–water partition coefficient (Wildman–Crippen LogP) is 2.81. The zero-order valence-corrected chi connectivity index (χ0v) is 16.2. The van der Waals surface area contributed by atoms with Gasteiger partial charge in [0, 0.05) is 12.5 Å². The summed E-state index contributed by atoms with van der Waals surface area (Å²) in [5.74, 6) is -0.382. The van der Waals surface area contributed by atoms with Crippen LogP contribution in [0.5, 0.6) is 0 Å². The van der Waals surface area contributed by atoms with Gasteiger partial charge in [-0.3, -0.25) is 0 Å². The Morgan fingerprint density at radius 3 is 2.38 bits per heavy atom. The molecule has 0 bridgehead atoms. The van der Waals surface area contributed by atoms with Gasteiger partial charge in [0.1, 0.15) is 6.10 Å². The number of carbonyl (C=O) groups is 1. The van der Waals surface area contributed by atoms with Gasteiger partial charge in [0.2, 0.25) is 0 Å². The van der Waals surface area contributed by atoms with E-state index in [1.807, 2.05) is 34.6 Å². The van der Waals surface area contributed by atoms with Crippen LogP contribution in [0.3, 0.4) is 0 Å². The van der Waals surface area contributed by atoms with Gasteiger partial charge in [-0.2, -0.15) is 0 Å². The molecule has 0 spiro atoms. The van der Waals surface area contributed by atoms with Crippen LogP contribution in [0.25, 0.3) is 0 Å². The van der Waals surface area contributed by atoms with Crippen molar-refractivity contribution >= 4 is 5.97 Å². The van der Waals surface area contributed by atoms with E-state index in [2.05, 4.69) is 4.74 Å². The molecule has 1 heterocycles. The molecule has 0 aliphatic carbocycles. The van der Waals surface area contributed by atoms with Crippen LogP contribution in [0.1, 0.15) is 60.8 Å². The summed E-state index contributed by atoms with van der Waals surface area (Å²) in [5.41, 5.74) is 0. The highest BCUT2D eigenvalue weighted by molar-refractivity contribution is 5.81. The summed E-state index contributed by atoms with van der Waals surface area (Å²) in [7, 11) is 1.33. The normalized spacial score (nSPS) is 27.4. The van der Waals surface area contributed by atoms with E-state index in [-0.39, 0.29) is 24.6 Å². The first kappa shape index (κ1) is 25.3. The molecule has 1 rings (SSSR count). The predicted molar refractivity (Wildman–Crippen MR) is 94.6 cm³/mol. The van der Waals surface area contributed by atoms with Crippen LogP contribution >= 0.6 is 0 Å². The molecule has 6 heteroatoms. The molecule has 24 heavy (non-hydrogen) atoms. The Labute approximate surface area is 146 Å². The maximum absolute atomic E-state index is 10.9. The first-order valence-corrected chi connectivity index (χ1v) is 8.85. The van der Waals surface area contributed by atoms with Crippen molar-refractivity contribution in [2.24, 2.45) is 0 Å². The lowest BCUT2D eigenvalue weighted by Gasteiger charge is -2.36. The van der Waals surface area contributed by atoms with Gasteiger partial charge in [-0.15, -0.1) is 0 Å². The molecule has 1 aliphatic heterocycles. The third-order valence-electron chi connectivity index (χ3n) is 3.25. The number of allylic oxidation sites excluding steroid dienone is 1. The van der Waals surface area contributed by atoms with Crippen LogP contribution in [-0.2, 0) is 19.0 Å². The van der Waals surface area contributed by atoms with Crippen molar-refractivity contribution < 1.29 is 29.2 Å². The van der Waals surface area contributed by atoms with E-state index in [0.29, 0.717) is 12.8 Å². The summed E-state index contributed by atoms with van der Waals surface area (Å²) in [6, 6.07) is 0. The van der Waals surface area contributed by atoms with Crippen molar-refractivity contribution in [3.05, 3.63) is 12.2 Å². The fourth-order valence-corrected chi connectivity index (χ4v) is 1.94. The summed E-state index contributed by atoms with van der Waals surface area (Å²) in [5, 5.41) is 19.4. The van der Waals surface area contributed by atoms with Crippen molar-refractivity contribution in [3.63, 3.8) is 0 Å². The molecule has 2 N–H and O–H groups in total. The molecule has 0 amide bonds. The molecule has 1 fully saturated rings. The third-order valence-corrected chi connectivity index (χ3v) is 3.25. The Balaban J connectivity index is 0. The van der Waals surface area contributed by atoms with Gasteiger partial charge in [-0.25, -0.2) is 4.79 Å². The average molecular weight is 348 g/mol. The Hall–Kier alpha value is -0.950. The third kappa shape index (κ3) is 10.8.